The first-order valence-corrected chi connectivity index (χ1v) is 9.87. The van der Waals surface area contributed by atoms with Crippen molar-refractivity contribution >= 4 is 39.9 Å². The number of methoxy groups -OCH3 is 1. The Morgan fingerprint density at radius 2 is 1.52 bits per heavy atom. The molecule has 0 aliphatic carbocycles. The number of ether oxygens (including phenoxy) is 1. The zero-order valence-corrected chi connectivity index (χ0v) is 18.5. The zero-order chi connectivity index (χ0) is 22.3. The van der Waals surface area contributed by atoms with E-state index in [0.29, 0.717) is 16.9 Å². The maximum absolute atomic E-state index is 13.4. The van der Waals surface area contributed by atoms with Gasteiger partial charge in [-0.05, 0) is 43.3 Å². The third-order valence-corrected chi connectivity index (χ3v) is 4.14. The molecule has 0 radical (unpaired) electrons. The summed E-state index contributed by atoms with van der Waals surface area (Å²) in [5, 5.41) is 0.431. The number of imidazole rings is 1. The van der Waals surface area contributed by atoms with Crippen LogP contribution in [0.5, 0.6) is 5.75 Å². The average molecular weight is 466 g/mol. The van der Waals surface area contributed by atoms with E-state index < -0.39 is 0 Å². The second-order valence-corrected chi connectivity index (χ2v) is 6.49. The lowest BCUT2D eigenvalue weighted by molar-refractivity contribution is 0.415. The number of benzene rings is 2. The van der Waals surface area contributed by atoms with Crippen LogP contribution in [-0.2, 0) is 0 Å². The van der Waals surface area contributed by atoms with E-state index in [1.54, 1.807) is 36.8 Å². The van der Waals surface area contributed by atoms with Gasteiger partial charge in [-0.25, -0.2) is 19.3 Å². The predicted octanol–water partition coefficient (Wildman–Crippen LogP) is 6.51. The Labute approximate surface area is 191 Å². The Balaban J connectivity index is 0.000000340. The molecule has 0 aliphatic rings. The van der Waals surface area contributed by atoms with Crippen LogP contribution in [0.15, 0.2) is 48.5 Å². The number of nitrogens with zero attached hydrogens (tertiary/aromatic N) is 4. The van der Waals surface area contributed by atoms with E-state index in [9.17, 15) is 4.39 Å². The molecule has 6 nitrogen and oxygen atoms in total. The van der Waals surface area contributed by atoms with Gasteiger partial charge in [0.2, 0.25) is 5.95 Å². The Morgan fingerprint density at radius 1 is 0.935 bits per heavy atom. The van der Waals surface area contributed by atoms with E-state index in [1.165, 1.54) is 18.2 Å². The van der Waals surface area contributed by atoms with E-state index in [1.807, 2.05) is 26.0 Å². The van der Waals surface area contributed by atoms with E-state index in [2.05, 4.69) is 15.0 Å². The lowest BCUT2D eigenvalue weighted by Crippen LogP contribution is -2.03. The molecule has 0 spiro atoms. The number of halogens is 3. The van der Waals surface area contributed by atoms with Crippen molar-refractivity contribution in [1.82, 2.24) is 19.5 Å². The van der Waals surface area contributed by atoms with Crippen LogP contribution in [0.2, 0.25) is 10.3 Å². The quantitative estimate of drug-likeness (QED) is 0.269. The van der Waals surface area contributed by atoms with Crippen molar-refractivity contribution in [2.24, 2.45) is 0 Å². The van der Waals surface area contributed by atoms with Crippen LogP contribution in [0.25, 0.3) is 17.0 Å². The van der Waals surface area contributed by atoms with Crippen LogP contribution < -0.4 is 10.5 Å². The molecule has 0 unspecified atom stereocenters. The molecule has 0 bridgehead atoms. The predicted molar refractivity (Wildman–Crippen MR) is 127 cm³/mol. The Bertz CT molecular complexity index is 1100. The lowest BCUT2D eigenvalue weighted by Gasteiger charge is -2.05. The second kappa shape index (κ2) is 12.1. The Hall–Kier alpha value is -2.90. The molecule has 0 fully saturated rings. The number of rotatable bonds is 2. The van der Waals surface area contributed by atoms with Crippen molar-refractivity contribution in [3.05, 3.63) is 70.5 Å². The summed E-state index contributed by atoms with van der Waals surface area (Å²) in [4.78, 5) is 12.5. The first kappa shape index (κ1) is 26.1. The minimum absolute atomic E-state index is 0. The van der Waals surface area contributed by atoms with Crippen molar-refractivity contribution < 1.29 is 9.13 Å². The third kappa shape index (κ3) is 6.80. The van der Waals surface area contributed by atoms with Crippen LogP contribution in [0.4, 0.5) is 10.1 Å². The van der Waals surface area contributed by atoms with Crippen molar-refractivity contribution in [3.63, 3.8) is 0 Å². The maximum atomic E-state index is 13.4. The summed E-state index contributed by atoms with van der Waals surface area (Å²) in [5.74, 6) is 1.37. The van der Waals surface area contributed by atoms with Gasteiger partial charge in [0.25, 0.3) is 0 Å². The fourth-order valence-corrected chi connectivity index (χ4v) is 2.92. The Kier molecular flexibility index (Phi) is 10.2. The highest BCUT2D eigenvalue weighted by molar-refractivity contribution is 6.33. The van der Waals surface area contributed by atoms with Gasteiger partial charge < -0.3 is 10.5 Å². The first-order valence-electron chi connectivity index (χ1n) is 9.12. The number of anilines is 1. The number of aromatic nitrogens is 4. The van der Waals surface area contributed by atoms with E-state index in [0.717, 1.165) is 11.4 Å². The zero-order valence-electron chi connectivity index (χ0n) is 17.0. The number of nitrogen functional groups attached to an aromatic ring is 1. The minimum atomic E-state index is -0.359. The summed E-state index contributed by atoms with van der Waals surface area (Å²) in [6.07, 6.45) is 0. The second-order valence-electron chi connectivity index (χ2n) is 5.71. The van der Waals surface area contributed by atoms with Gasteiger partial charge in [-0.3, -0.25) is 4.57 Å². The molecular weight excluding hydrogens is 440 g/mol. The standard InChI is InChI=1S/C12H7Cl2FN4.C7H9NO.C2H6.CH4/c1-6-16-8-3-2-7(15)4-9(8)19(6)12-17-10(13)5-11(14)18-12;1-9-7-4-2-6(8)3-5-7;1-2;/h2-5H,1H3;2-5H,8H2,1H3;1-2H3;1H4. The summed E-state index contributed by atoms with van der Waals surface area (Å²) in [6, 6.07) is 13.0. The topological polar surface area (TPSA) is 78.9 Å². The molecule has 4 rings (SSSR count). The van der Waals surface area contributed by atoms with Crippen molar-refractivity contribution in [2.45, 2.75) is 28.2 Å². The van der Waals surface area contributed by atoms with Crippen LogP contribution >= 0.6 is 23.2 Å². The fraction of sp³-hybridized carbons (Fsp3) is 0.227. The molecule has 9 heteroatoms. The van der Waals surface area contributed by atoms with Crippen LogP contribution in [0, 0.1) is 12.7 Å². The smallest absolute Gasteiger partial charge is 0.238 e. The molecular formula is C22H26Cl2FN5O. The van der Waals surface area contributed by atoms with Gasteiger partial charge >= 0.3 is 0 Å². The molecule has 2 aromatic carbocycles. The molecule has 31 heavy (non-hydrogen) atoms. The summed E-state index contributed by atoms with van der Waals surface area (Å²) in [5.41, 5.74) is 7.40. The fourth-order valence-electron chi connectivity index (χ4n) is 2.50. The van der Waals surface area contributed by atoms with Gasteiger partial charge in [-0.15, -0.1) is 0 Å². The normalized spacial score (nSPS) is 9.65. The van der Waals surface area contributed by atoms with Gasteiger partial charge in [0.15, 0.2) is 0 Å². The molecule has 2 heterocycles. The molecule has 4 aromatic rings. The third-order valence-electron chi connectivity index (χ3n) is 3.75. The Morgan fingerprint density at radius 3 is 2.06 bits per heavy atom. The van der Waals surface area contributed by atoms with E-state index >= 15 is 0 Å². The highest BCUT2D eigenvalue weighted by Gasteiger charge is 2.13. The molecule has 2 N–H and O–H groups in total. The summed E-state index contributed by atoms with van der Waals surface area (Å²) < 4.78 is 19.9. The van der Waals surface area contributed by atoms with Gasteiger partial charge in [0, 0.05) is 17.8 Å². The van der Waals surface area contributed by atoms with E-state index in [-0.39, 0.29) is 29.5 Å². The van der Waals surface area contributed by atoms with Crippen molar-refractivity contribution in [3.8, 4) is 11.7 Å². The van der Waals surface area contributed by atoms with Gasteiger partial charge in [0.1, 0.15) is 27.7 Å². The minimum Gasteiger partial charge on any atom is -0.497 e. The van der Waals surface area contributed by atoms with Gasteiger partial charge in [-0.2, -0.15) is 0 Å². The molecule has 0 saturated heterocycles. The number of hydrogen-bond acceptors (Lipinski definition) is 5. The van der Waals surface area contributed by atoms with Crippen LogP contribution in [0.3, 0.4) is 0 Å². The van der Waals surface area contributed by atoms with Crippen LogP contribution in [0.1, 0.15) is 27.1 Å². The molecule has 2 aromatic heterocycles. The largest absolute Gasteiger partial charge is 0.497 e. The summed E-state index contributed by atoms with van der Waals surface area (Å²) in [6.45, 7) is 5.77. The van der Waals surface area contributed by atoms with Crippen LogP contribution in [-0.4, -0.2) is 26.6 Å². The van der Waals surface area contributed by atoms with Gasteiger partial charge in [0.05, 0.1) is 18.1 Å². The first-order chi connectivity index (χ1) is 14.4. The number of aryl methyl sites for hydroxylation is 1. The highest BCUT2D eigenvalue weighted by Crippen LogP contribution is 2.22. The average Bonchev–Trinajstić information content (AvgIpc) is 3.05. The molecule has 0 amide bonds. The van der Waals surface area contributed by atoms with Gasteiger partial charge in [-0.1, -0.05) is 44.5 Å². The number of fused-ring (bicyclic) bond motifs is 1. The monoisotopic (exact) mass is 465 g/mol. The molecule has 166 valence electrons. The van der Waals surface area contributed by atoms with Crippen molar-refractivity contribution in [2.75, 3.05) is 12.8 Å². The SMILES string of the molecule is C.CC.COc1ccc(N)cc1.Cc1nc2ccc(F)cc2n1-c1nc(Cl)cc(Cl)n1. The van der Waals surface area contributed by atoms with Crippen molar-refractivity contribution in [1.29, 1.82) is 0 Å². The maximum Gasteiger partial charge on any atom is 0.238 e. The summed E-state index contributed by atoms with van der Waals surface area (Å²) >= 11 is 11.7. The molecule has 0 atom stereocenters. The van der Waals surface area contributed by atoms with E-state index in [4.69, 9.17) is 33.7 Å². The highest BCUT2D eigenvalue weighted by atomic mass is 35.5. The molecule has 0 aliphatic heterocycles. The number of nitrogens with two attached hydrogens (primary N) is 1. The molecule has 0 saturated carbocycles. The summed E-state index contributed by atoms with van der Waals surface area (Å²) in [7, 11) is 1.63. The number of hydrogen-bond donors (Lipinski definition) is 1. The lowest BCUT2D eigenvalue weighted by atomic mass is 10.3.